The molecule has 1 aromatic heterocycles. The highest BCUT2D eigenvalue weighted by atomic mass is 79.9. The van der Waals surface area contributed by atoms with Gasteiger partial charge in [0.25, 0.3) is 5.91 Å². The van der Waals surface area contributed by atoms with E-state index in [1.165, 1.54) is 0 Å². The van der Waals surface area contributed by atoms with Crippen LogP contribution in [0.25, 0.3) is 0 Å². The number of carbonyl (C=O) groups is 1. The zero-order chi connectivity index (χ0) is 14.8. The van der Waals surface area contributed by atoms with Crippen LogP contribution in [0.1, 0.15) is 5.56 Å². The standard InChI is InChI=1S/C15H14BrN3O2/c1-17-15-10(3-2-6-18-15)8-19-12-7-11(16)4-5-13(12)21-9-14(19)20/h2-7H,8-9H2,1H3,(H,17,18). The number of halogens is 1. The van der Waals surface area contributed by atoms with Crippen LogP contribution in [-0.4, -0.2) is 24.5 Å². The highest BCUT2D eigenvalue weighted by molar-refractivity contribution is 9.10. The van der Waals surface area contributed by atoms with Gasteiger partial charge < -0.3 is 15.0 Å². The van der Waals surface area contributed by atoms with Crippen LogP contribution >= 0.6 is 15.9 Å². The monoisotopic (exact) mass is 347 g/mol. The first-order chi connectivity index (χ1) is 10.2. The van der Waals surface area contributed by atoms with Gasteiger partial charge in [-0.15, -0.1) is 0 Å². The van der Waals surface area contributed by atoms with Crippen molar-refractivity contribution in [1.82, 2.24) is 4.98 Å². The van der Waals surface area contributed by atoms with Crippen molar-refractivity contribution in [2.24, 2.45) is 0 Å². The number of aromatic nitrogens is 1. The number of nitrogens with one attached hydrogen (secondary N) is 1. The fraction of sp³-hybridized carbons (Fsp3) is 0.200. The predicted octanol–water partition coefficient (Wildman–Crippen LogP) is 2.81. The van der Waals surface area contributed by atoms with Crippen molar-refractivity contribution in [3.8, 4) is 5.75 Å². The second-order valence-electron chi connectivity index (χ2n) is 4.64. The number of amides is 1. The van der Waals surface area contributed by atoms with E-state index in [1.54, 1.807) is 11.1 Å². The number of rotatable bonds is 3. The lowest BCUT2D eigenvalue weighted by atomic mass is 10.2. The number of benzene rings is 1. The van der Waals surface area contributed by atoms with E-state index in [4.69, 9.17) is 4.74 Å². The molecule has 0 aliphatic carbocycles. The SMILES string of the molecule is CNc1ncccc1CN1C(=O)COc2ccc(Br)cc21. The van der Waals surface area contributed by atoms with Gasteiger partial charge in [-0.2, -0.15) is 0 Å². The minimum absolute atomic E-state index is 0.0593. The van der Waals surface area contributed by atoms with E-state index in [0.29, 0.717) is 12.3 Å². The Balaban J connectivity index is 1.98. The van der Waals surface area contributed by atoms with Crippen molar-refractivity contribution in [3.05, 3.63) is 46.6 Å². The van der Waals surface area contributed by atoms with E-state index in [2.05, 4.69) is 26.2 Å². The molecule has 6 heteroatoms. The van der Waals surface area contributed by atoms with Gasteiger partial charge in [-0.3, -0.25) is 4.79 Å². The molecule has 21 heavy (non-hydrogen) atoms. The summed E-state index contributed by atoms with van der Waals surface area (Å²) in [7, 11) is 1.82. The van der Waals surface area contributed by atoms with Crippen LogP contribution in [0.2, 0.25) is 0 Å². The molecule has 0 radical (unpaired) electrons. The Bertz CT molecular complexity index is 690. The van der Waals surface area contributed by atoms with Crippen molar-refractivity contribution in [1.29, 1.82) is 0 Å². The molecule has 108 valence electrons. The molecule has 0 fully saturated rings. The van der Waals surface area contributed by atoms with E-state index in [0.717, 1.165) is 21.5 Å². The van der Waals surface area contributed by atoms with Crippen LogP contribution < -0.4 is 15.0 Å². The quantitative estimate of drug-likeness (QED) is 0.927. The highest BCUT2D eigenvalue weighted by Gasteiger charge is 2.26. The molecule has 3 rings (SSSR count). The van der Waals surface area contributed by atoms with Crippen molar-refractivity contribution >= 4 is 33.3 Å². The second-order valence-corrected chi connectivity index (χ2v) is 5.56. The Morgan fingerprint density at radius 1 is 1.43 bits per heavy atom. The number of hydrogen-bond donors (Lipinski definition) is 1. The summed E-state index contributed by atoms with van der Waals surface area (Å²) in [5, 5.41) is 3.05. The number of pyridine rings is 1. The van der Waals surface area contributed by atoms with E-state index < -0.39 is 0 Å². The molecule has 0 unspecified atom stereocenters. The highest BCUT2D eigenvalue weighted by Crippen LogP contribution is 2.35. The molecule has 0 atom stereocenters. The summed E-state index contributed by atoms with van der Waals surface area (Å²) in [6.07, 6.45) is 1.72. The Labute approximate surface area is 131 Å². The molecule has 0 bridgehead atoms. The van der Waals surface area contributed by atoms with Crippen molar-refractivity contribution < 1.29 is 9.53 Å². The predicted molar refractivity (Wildman–Crippen MR) is 84.6 cm³/mol. The number of nitrogens with zero attached hydrogens (tertiary/aromatic N) is 2. The molecule has 1 amide bonds. The van der Waals surface area contributed by atoms with Crippen LogP contribution in [0.4, 0.5) is 11.5 Å². The Kier molecular flexibility index (Phi) is 3.79. The van der Waals surface area contributed by atoms with Crippen LogP contribution in [0.3, 0.4) is 0 Å². The molecule has 0 spiro atoms. The van der Waals surface area contributed by atoms with Gasteiger partial charge in [-0.05, 0) is 24.3 Å². The lowest BCUT2D eigenvalue weighted by molar-refractivity contribution is -0.121. The molecule has 1 N–H and O–H groups in total. The molecule has 0 saturated heterocycles. The number of carbonyl (C=O) groups excluding carboxylic acids is 1. The third-order valence-corrected chi connectivity index (χ3v) is 3.81. The lowest BCUT2D eigenvalue weighted by Crippen LogP contribution is -2.38. The van der Waals surface area contributed by atoms with Gasteiger partial charge in [-0.1, -0.05) is 22.0 Å². The first kappa shape index (κ1) is 13.9. The molecule has 1 aromatic carbocycles. The summed E-state index contributed by atoms with van der Waals surface area (Å²) in [5.41, 5.74) is 1.73. The third-order valence-electron chi connectivity index (χ3n) is 3.32. The Morgan fingerprint density at radius 3 is 3.10 bits per heavy atom. The minimum atomic E-state index is -0.0634. The normalized spacial score (nSPS) is 13.6. The number of hydrogen-bond acceptors (Lipinski definition) is 4. The average molecular weight is 348 g/mol. The Hall–Kier alpha value is -2.08. The first-order valence-corrected chi connectivity index (χ1v) is 7.32. The van der Waals surface area contributed by atoms with Gasteiger partial charge in [0.05, 0.1) is 12.2 Å². The van der Waals surface area contributed by atoms with Gasteiger partial charge in [0.2, 0.25) is 0 Å². The molecule has 0 saturated carbocycles. The third kappa shape index (κ3) is 2.71. The molecular formula is C15H14BrN3O2. The summed E-state index contributed by atoms with van der Waals surface area (Å²) >= 11 is 3.43. The molecular weight excluding hydrogens is 334 g/mol. The van der Waals surface area contributed by atoms with Gasteiger partial charge >= 0.3 is 0 Å². The van der Waals surface area contributed by atoms with Crippen molar-refractivity contribution in [3.63, 3.8) is 0 Å². The topological polar surface area (TPSA) is 54.5 Å². The maximum Gasteiger partial charge on any atom is 0.265 e. The fourth-order valence-electron chi connectivity index (χ4n) is 2.31. The number of ether oxygens (including phenoxy) is 1. The first-order valence-electron chi connectivity index (χ1n) is 6.53. The Morgan fingerprint density at radius 2 is 2.29 bits per heavy atom. The van der Waals surface area contributed by atoms with Crippen LogP contribution in [0, 0.1) is 0 Å². The number of anilines is 2. The molecule has 1 aliphatic rings. The van der Waals surface area contributed by atoms with Crippen LogP contribution in [0.15, 0.2) is 41.0 Å². The zero-order valence-corrected chi connectivity index (χ0v) is 13.1. The van der Waals surface area contributed by atoms with Gasteiger partial charge in [-0.25, -0.2) is 4.98 Å². The summed E-state index contributed by atoms with van der Waals surface area (Å²) in [5.74, 6) is 1.42. The van der Waals surface area contributed by atoms with Crippen molar-refractivity contribution in [2.75, 3.05) is 23.9 Å². The maximum atomic E-state index is 12.2. The van der Waals surface area contributed by atoms with Gasteiger partial charge in [0.1, 0.15) is 11.6 Å². The van der Waals surface area contributed by atoms with E-state index >= 15 is 0 Å². The fourth-order valence-corrected chi connectivity index (χ4v) is 2.66. The molecule has 5 nitrogen and oxygen atoms in total. The van der Waals surface area contributed by atoms with E-state index in [9.17, 15) is 4.79 Å². The summed E-state index contributed by atoms with van der Waals surface area (Å²) in [6, 6.07) is 9.47. The van der Waals surface area contributed by atoms with Crippen LogP contribution in [0.5, 0.6) is 5.75 Å². The summed E-state index contributed by atoms with van der Waals surface area (Å²) in [4.78, 5) is 18.2. The van der Waals surface area contributed by atoms with Gasteiger partial charge in [0, 0.05) is 23.3 Å². The molecule has 2 aromatic rings. The smallest absolute Gasteiger partial charge is 0.265 e. The summed E-state index contributed by atoms with van der Waals surface area (Å²) < 4.78 is 6.38. The van der Waals surface area contributed by atoms with E-state index in [-0.39, 0.29) is 12.5 Å². The van der Waals surface area contributed by atoms with E-state index in [1.807, 2.05) is 37.4 Å². The minimum Gasteiger partial charge on any atom is -0.482 e. The zero-order valence-electron chi connectivity index (χ0n) is 11.5. The maximum absolute atomic E-state index is 12.2. The van der Waals surface area contributed by atoms with Crippen molar-refractivity contribution in [2.45, 2.75) is 6.54 Å². The average Bonchev–Trinajstić information content (AvgIpc) is 2.50. The van der Waals surface area contributed by atoms with Crippen LogP contribution in [-0.2, 0) is 11.3 Å². The molecule has 2 heterocycles. The molecule has 1 aliphatic heterocycles. The summed E-state index contributed by atoms with van der Waals surface area (Å²) in [6.45, 7) is 0.513. The number of fused-ring (bicyclic) bond motifs is 1. The second kappa shape index (κ2) is 5.73. The van der Waals surface area contributed by atoms with Gasteiger partial charge in [0.15, 0.2) is 6.61 Å². The lowest BCUT2D eigenvalue weighted by Gasteiger charge is -2.30. The largest absolute Gasteiger partial charge is 0.482 e.